The molecule has 0 N–H and O–H groups in total. The van der Waals surface area contributed by atoms with Gasteiger partial charge in [-0.25, -0.2) is 0 Å². The summed E-state index contributed by atoms with van der Waals surface area (Å²) in [5, 5.41) is 0. The highest BCUT2D eigenvalue weighted by molar-refractivity contribution is 6.13. The summed E-state index contributed by atoms with van der Waals surface area (Å²) in [4.78, 5) is 0. The molecule has 23 heavy (non-hydrogen) atoms. The third-order valence-corrected chi connectivity index (χ3v) is 5.36. The van der Waals surface area contributed by atoms with Crippen molar-refractivity contribution in [2.24, 2.45) is 0 Å². The van der Waals surface area contributed by atoms with E-state index in [4.69, 9.17) is 14.2 Å². The second-order valence-electron chi connectivity index (χ2n) is 6.48. The van der Waals surface area contributed by atoms with Crippen LogP contribution < -0.4 is 0 Å². The highest BCUT2D eigenvalue weighted by Gasteiger charge is 2.33. The molecule has 1 unspecified atom stereocenters. The first-order valence-electron chi connectivity index (χ1n) is 9.52. The largest absolute Gasteiger partial charge is 0.376 e. The van der Waals surface area contributed by atoms with Gasteiger partial charge >= 0.3 is 0 Å². The lowest BCUT2D eigenvalue weighted by molar-refractivity contribution is -0.209. The molecule has 3 radical (unpaired) electrons. The first kappa shape index (κ1) is 23.1. The van der Waals surface area contributed by atoms with Gasteiger partial charge in [-0.2, -0.15) is 0 Å². The number of hydrogen-bond donors (Lipinski definition) is 0. The molecule has 0 aromatic carbocycles. The SMILES string of the molecule is CCCCCCCCCCCCCCC(OC)C([Si])(OC)OC. The Balaban J connectivity index is 3.47. The molecule has 0 aromatic rings. The predicted octanol–water partition coefficient (Wildman–Crippen LogP) is 5.21. The molecule has 0 aromatic heterocycles. The molecule has 1 atom stereocenters. The Labute approximate surface area is 148 Å². The van der Waals surface area contributed by atoms with Crippen LogP contribution in [-0.4, -0.2) is 43.1 Å². The Kier molecular flexibility index (Phi) is 15.7. The van der Waals surface area contributed by atoms with Gasteiger partial charge < -0.3 is 14.2 Å². The quantitative estimate of drug-likeness (QED) is 0.206. The van der Waals surface area contributed by atoms with Crippen LogP contribution in [0.25, 0.3) is 0 Å². The van der Waals surface area contributed by atoms with E-state index in [1.807, 2.05) is 0 Å². The maximum atomic E-state index is 5.50. The molecule has 0 aliphatic heterocycles. The lowest BCUT2D eigenvalue weighted by Crippen LogP contribution is -2.47. The molecule has 3 nitrogen and oxygen atoms in total. The fourth-order valence-corrected chi connectivity index (χ4v) is 3.24. The van der Waals surface area contributed by atoms with Crippen molar-refractivity contribution in [3.63, 3.8) is 0 Å². The maximum absolute atomic E-state index is 5.50. The lowest BCUT2D eigenvalue weighted by atomic mass is 10.0. The molecule has 0 saturated carbocycles. The molecule has 0 fully saturated rings. The minimum atomic E-state index is -0.827. The van der Waals surface area contributed by atoms with Gasteiger partial charge in [0, 0.05) is 21.3 Å². The van der Waals surface area contributed by atoms with Crippen LogP contribution in [0, 0.1) is 0 Å². The average molecular weight is 344 g/mol. The second-order valence-corrected chi connectivity index (χ2v) is 7.17. The van der Waals surface area contributed by atoms with Gasteiger partial charge in [-0.15, -0.1) is 0 Å². The summed E-state index contributed by atoms with van der Waals surface area (Å²) in [7, 11) is 8.50. The Bertz CT molecular complexity index is 245. The minimum Gasteiger partial charge on any atom is -0.376 e. The zero-order chi connectivity index (χ0) is 17.4. The average Bonchev–Trinajstić information content (AvgIpc) is 2.58. The van der Waals surface area contributed by atoms with E-state index in [-0.39, 0.29) is 6.10 Å². The van der Waals surface area contributed by atoms with E-state index in [0.717, 1.165) is 12.8 Å². The van der Waals surface area contributed by atoms with Crippen molar-refractivity contribution in [2.45, 2.75) is 102 Å². The summed E-state index contributed by atoms with van der Waals surface area (Å²) >= 11 is 0. The highest BCUT2D eigenvalue weighted by Crippen LogP contribution is 2.21. The van der Waals surface area contributed by atoms with Gasteiger partial charge in [0.05, 0.1) is 0 Å². The van der Waals surface area contributed by atoms with Gasteiger partial charge in [-0.1, -0.05) is 84.0 Å². The van der Waals surface area contributed by atoms with Crippen LogP contribution in [0.2, 0.25) is 0 Å². The number of rotatable bonds is 17. The summed E-state index contributed by atoms with van der Waals surface area (Å²) < 4.78 is 16.2. The minimum absolute atomic E-state index is 0.0858. The van der Waals surface area contributed by atoms with Gasteiger partial charge in [-0.05, 0) is 6.42 Å². The van der Waals surface area contributed by atoms with Gasteiger partial charge in [0.2, 0.25) is 0 Å². The third-order valence-electron chi connectivity index (χ3n) is 4.63. The Morgan fingerprint density at radius 2 is 1.09 bits per heavy atom. The molecular weight excluding hydrogens is 304 g/mol. The van der Waals surface area contributed by atoms with Crippen LogP contribution in [0.3, 0.4) is 0 Å². The van der Waals surface area contributed by atoms with Crippen molar-refractivity contribution in [1.29, 1.82) is 0 Å². The van der Waals surface area contributed by atoms with Crippen LogP contribution in [0.15, 0.2) is 0 Å². The normalized spacial score (nSPS) is 13.4. The van der Waals surface area contributed by atoms with Crippen molar-refractivity contribution in [1.82, 2.24) is 0 Å². The number of unbranched alkanes of at least 4 members (excludes halogenated alkanes) is 11. The van der Waals surface area contributed by atoms with E-state index >= 15 is 0 Å². The molecule has 137 valence electrons. The fraction of sp³-hybridized carbons (Fsp3) is 1.00. The predicted molar refractivity (Wildman–Crippen MR) is 99.0 cm³/mol. The summed E-state index contributed by atoms with van der Waals surface area (Å²) in [6.45, 7) is 2.27. The molecule has 0 aliphatic carbocycles. The number of hydrogen-bond acceptors (Lipinski definition) is 3. The molecule has 0 saturated heterocycles. The molecule has 0 bridgehead atoms. The Morgan fingerprint density at radius 3 is 1.43 bits per heavy atom. The van der Waals surface area contributed by atoms with Crippen molar-refractivity contribution in [2.75, 3.05) is 21.3 Å². The first-order chi connectivity index (χ1) is 11.1. The summed E-state index contributed by atoms with van der Waals surface area (Å²) in [6, 6.07) is 0. The molecule has 0 spiro atoms. The highest BCUT2D eigenvalue weighted by atomic mass is 28.1. The summed E-state index contributed by atoms with van der Waals surface area (Å²) in [5.41, 5.74) is -0.827. The van der Waals surface area contributed by atoms with Gasteiger partial charge in [0.25, 0.3) is 0 Å². The van der Waals surface area contributed by atoms with Gasteiger partial charge in [-0.3, -0.25) is 0 Å². The van der Waals surface area contributed by atoms with Gasteiger partial charge in [0.15, 0.2) is 5.41 Å². The maximum Gasteiger partial charge on any atom is 0.168 e. The standard InChI is InChI=1S/C19H39O3Si/c1-5-6-7-8-9-10-11-12-13-14-15-16-17-18(20-2)19(23,21-3)22-4/h18H,5-17H2,1-4H3. The van der Waals surface area contributed by atoms with Crippen LogP contribution in [0.1, 0.15) is 90.4 Å². The third kappa shape index (κ3) is 11.3. The van der Waals surface area contributed by atoms with E-state index in [1.165, 1.54) is 70.6 Å². The molecule has 0 heterocycles. The van der Waals surface area contributed by atoms with Crippen molar-refractivity contribution in [3.8, 4) is 0 Å². The molecule has 0 aliphatic rings. The van der Waals surface area contributed by atoms with Crippen molar-refractivity contribution < 1.29 is 14.2 Å². The first-order valence-corrected chi connectivity index (χ1v) is 10.0. The van der Waals surface area contributed by atoms with Crippen LogP contribution in [0.5, 0.6) is 0 Å². The molecule has 0 amide bonds. The van der Waals surface area contributed by atoms with Crippen molar-refractivity contribution >= 4 is 10.2 Å². The van der Waals surface area contributed by atoms with E-state index in [2.05, 4.69) is 17.2 Å². The van der Waals surface area contributed by atoms with Gasteiger partial charge in [0.1, 0.15) is 16.3 Å². The van der Waals surface area contributed by atoms with Crippen LogP contribution in [0.4, 0.5) is 0 Å². The number of ether oxygens (including phenoxy) is 3. The summed E-state index contributed by atoms with van der Waals surface area (Å²) in [6.07, 6.45) is 17.2. The Morgan fingerprint density at radius 1 is 0.696 bits per heavy atom. The van der Waals surface area contributed by atoms with E-state index in [9.17, 15) is 0 Å². The number of methoxy groups -OCH3 is 3. The van der Waals surface area contributed by atoms with E-state index in [1.54, 1.807) is 21.3 Å². The van der Waals surface area contributed by atoms with E-state index < -0.39 is 5.41 Å². The Hall–Kier alpha value is 0.0969. The monoisotopic (exact) mass is 343 g/mol. The smallest absolute Gasteiger partial charge is 0.168 e. The summed E-state index contributed by atoms with van der Waals surface area (Å²) in [5.74, 6) is 0. The zero-order valence-electron chi connectivity index (χ0n) is 16.0. The van der Waals surface area contributed by atoms with Crippen LogP contribution in [-0.2, 0) is 14.2 Å². The van der Waals surface area contributed by atoms with Crippen molar-refractivity contribution in [3.05, 3.63) is 0 Å². The molecule has 0 rings (SSSR count). The zero-order valence-corrected chi connectivity index (χ0v) is 17.0. The van der Waals surface area contributed by atoms with E-state index in [0.29, 0.717) is 0 Å². The second kappa shape index (κ2) is 15.6. The van der Waals surface area contributed by atoms with Crippen LogP contribution >= 0.6 is 0 Å². The molecular formula is C19H39O3Si. The lowest BCUT2D eigenvalue weighted by Gasteiger charge is -2.34. The topological polar surface area (TPSA) is 27.7 Å². The molecule has 4 heteroatoms. The fourth-order valence-electron chi connectivity index (χ4n) is 2.98.